The Hall–Kier alpha value is -1.85. The highest BCUT2D eigenvalue weighted by molar-refractivity contribution is 5.78. The maximum atomic E-state index is 13.6. The molecule has 2 rings (SSSR count). The molecule has 18 heavy (non-hydrogen) atoms. The van der Waals surface area contributed by atoms with Gasteiger partial charge in [0, 0.05) is 18.7 Å². The number of hydrogen-bond acceptors (Lipinski definition) is 3. The van der Waals surface area contributed by atoms with Gasteiger partial charge in [0.15, 0.2) is 11.6 Å². The van der Waals surface area contributed by atoms with Gasteiger partial charge in [-0.1, -0.05) is 0 Å². The molecule has 0 radical (unpaired) electrons. The van der Waals surface area contributed by atoms with Crippen LogP contribution in [0.15, 0.2) is 12.1 Å². The number of benzene rings is 1. The fourth-order valence-corrected chi connectivity index (χ4v) is 1.70. The van der Waals surface area contributed by atoms with Gasteiger partial charge in [0.05, 0.1) is 18.2 Å². The lowest BCUT2D eigenvalue weighted by molar-refractivity contribution is -0.142. The fraction of sp³-hybridized carbons (Fsp3) is 0.417. The molecule has 0 atom stereocenters. The number of aliphatic carboxylic acids is 1. The summed E-state index contributed by atoms with van der Waals surface area (Å²) in [7, 11) is 1.24. The van der Waals surface area contributed by atoms with E-state index in [1.807, 2.05) is 0 Å². The van der Waals surface area contributed by atoms with E-state index in [2.05, 4.69) is 10.1 Å². The maximum absolute atomic E-state index is 13.6. The van der Waals surface area contributed by atoms with E-state index in [0.29, 0.717) is 12.8 Å². The Morgan fingerprint density at radius 2 is 2.11 bits per heavy atom. The molecule has 1 saturated carbocycles. The molecule has 6 heteroatoms. The zero-order valence-corrected chi connectivity index (χ0v) is 9.80. The van der Waals surface area contributed by atoms with Crippen LogP contribution in [0.25, 0.3) is 0 Å². The molecule has 1 aliphatic carbocycles. The van der Waals surface area contributed by atoms with Crippen LogP contribution in [0.5, 0.6) is 5.75 Å². The van der Waals surface area contributed by atoms with Crippen LogP contribution in [0.2, 0.25) is 0 Å². The van der Waals surface area contributed by atoms with Crippen molar-refractivity contribution in [1.29, 1.82) is 0 Å². The van der Waals surface area contributed by atoms with Crippen LogP contribution >= 0.6 is 0 Å². The second kappa shape index (κ2) is 4.44. The van der Waals surface area contributed by atoms with E-state index in [-0.39, 0.29) is 18.0 Å². The first-order valence-electron chi connectivity index (χ1n) is 5.49. The molecule has 1 aliphatic rings. The van der Waals surface area contributed by atoms with Crippen LogP contribution in [0.1, 0.15) is 12.8 Å². The lowest BCUT2D eigenvalue weighted by Crippen LogP contribution is -2.24. The Labute approximate surface area is 103 Å². The lowest BCUT2D eigenvalue weighted by atomic mass is 10.1. The molecule has 0 bridgehead atoms. The van der Waals surface area contributed by atoms with E-state index in [9.17, 15) is 13.6 Å². The predicted molar refractivity (Wildman–Crippen MR) is 60.7 cm³/mol. The molecule has 98 valence electrons. The minimum Gasteiger partial charge on any atom is -0.494 e. The summed E-state index contributed by atoms with van der Waals surface area (Å²) in [5, 5.41) is 11.6. The summed E-state index contributed by atoms with van der Waals surface area (Å²) >= 11 is 0. The molecular formula is C12H13F2NO3. The Morgan fingerprint density at radius 1 is 1.44 bits per heavy atom. The molecule has 0 saturated heterocycles. The second-order valence-electron chi connectivity index (χ2n) is 4.41. The number of nitrogens with one attached hydrogen (secondary N) is 1. The molecule has 0 aromatic heterocycles. The number of carboxylic acids is 1. The molecule has 1 aromatic carbocycles. The van der Waals surface area contributed by atoms with E-state index in [0.717, 1.165) is 12.1 Å². The highest BCUT2D eigenvalue weighted by Crippen LogP contribution is 2.46. The van der Waals surface area contributed by atoms with E-state index < -0.39 is 23.0 Å². The van der Waals surface area contributed by atoms with Gasteiger partial charge in [0.1, 0.15) is 5.82 Å². The van der Waals surface area contributed by atoms with Gasteiger partial charge in [-0.3, -0.25) is 4.79 Å². The number of carboxylic acid groups (broad SMARTS) is 1. The summed E-state index contributed by atoms with van der Waals surface area (Å²) in [4.78, 5) is 10.9. The highest BCUT2D eigenvalue weighted by atomic mass is 19.1. The first-order chi connectivity index (χ1) is 8.48. The van der Waals surface area contributed by atoms with Gasteiger partial charge in [0.2, 0.25) is 0 Å². The van der Waals surface area contributed by atoms with Crippen molar-refractivity contribution in [2.45, 2.75) is 12.8 Å². The third-order valence-corrected chi connectivity index (χ3v) is 3.17. The molecule has 0 heterocycles. The van der Waals surface area contributed by atoms with Gasteiger partial charge in [-0.2, -0.15) is 0 Å². The van der Waals surface area contributed by atoms with Crippen LogP contribution in [0.4, 0.5) is 14.5 Å². The standard InChI is InChI=1S/C12H13F2NO3/c1-18-10-5-7(13)9(4-8(10)14)15-6-12(2-3-12)11(16)17/h4-5,15H,2-3,6H2,1H3,(H,16,17). The van der Waals surface area contributed by atoms with Gasteiger partial charge in [0.25, 0.3) is 0 Å². The van der Waals surface area contributed by atoms with Gasteiger partial charge in [-0.05, 0) is 12.8 Å². The molecule has 0 unspecified atom stereocenters. The SMILES string of the molecule is COc1cc(F)c(NCC2(C(=O)O)CC2)cc1F. The topological polar surface area (TPSA) is 58.6 Å². The largest absolute Gasteiger partial charge is 0.494 e. The normalized spacial score (nSPS) is 16.2. The van der Waals surface area contributed by atoms with E-state index >= 15 is 0 Å². The van der Waals surface area contributed by atoms with E-state index in [1.165, 1.54) is 7.11 Å². The van der Waals surface area contributed by atoms with Crippen molar-refractivity contribution in [3.05, 3.63) is 23.8 Å². The lowest BCUT2D eigenvalue weighted by Gasteiger charge is -2.13. The summed E-state index contributed by atoms with van der Waals surface area (Å²) in [6.45, 7) is 0.0883. The number of anilines is 1. The smallest absolute Gasteiger partial charge is 0.311 e. The van der Waals surface area contributed by atoms with E-state index in [1.54, 1.807) is 0 Å². The number of carbonyl (C=O) groups is 1. The average Bonchev–Trinajstić information content (AvgIpc) is 3.11. The first-order valence-corrected chi connectivity index (χ1v) is 5.49. The Bertz CT molecular complexity index is 486. The monoisotopic (exact) mass is 257 g/mol. The first kappa shape index (κ1) is 12.6. The Kier molecular flexibility index (Phi) is 3.11. The van der Waals surface area contributed by atoms with Gasteiger partial charge >= 0.3 is 5.97 Å². The minimum absolute atomic E-state index is 0.0548. The third kappa shape index (κ3) is 2.23. The zero-order chi connectivity index (χ0) is 13.3. The summed E-state index contributed by atoms with van der Waals surface area (Å²) in [5.41, 5.74) is -0.885. The van der Waals surface area contributed by atoms with Crippen LogP contribution in [0.3, 0.4) is 0 Å². The van der Waals surface area contributed by atoms with E-state index in [4.69, 9.17) is 5.11 Å². The molecule has 0 spiro atoms. The van der Waals surface area contributed by atoms with Crippen molar-refractivity contribution < 1.29 is 23.4 Å². The molecule has 0 aliphatic heterocycles. The maximum Gasteiger partial charge on any atom is 0.311 e. The Morgan fingerprint density at radius 3 is 2.61 bits per heavy atom. The number of halogens is 2. The number of methoxy groups -OCH3 is 1. The van der Waals surface area contributed by atoms with Crippen molar-refractivity contribution in [1.82, 2.24) is 0 Å². The minimum atomic E-state index is -0.913. The van der Waals surface area contributed by atoms with Crippen LogP contribution in [-0.4, -0.2) is 24.7 Å². The van der Waals surface area contributed by atoms with Crippen molar-refractivity contribution >= 4 is 11.7 Å². The molecule has 4 nitrogen and oxygen atoms in total. The van der Waals surface area contributed by atoms with Gasteiger partial charge in [-0.25, -0.2) is 8.78 Å². The predicted octanol–water partition coefficient (Wildman–Crippen LogP) is 2.25. The van der Waals surface area contributed by atoms with Crippen molar-refractivity contribution in [2.75, 3.05) is 19.0 Å². The fourth-order valence-electron chi connectivity index (χ4n) is 1.70. The number of ether oxygens (including phenoxy) is 1. The number of rotatable bonds is 5. The summed E-state index contributed by atoms with van der Waals surface area (Å²) in [6, 6.07) is 1.89. The zero-order valence-electron chi connectivity index (χ0n) is 9.80. The quantitative estimate of drug-likeness (QED) is 0.849. The molecule has 0 amide bonds. The van der Waals surface area contributed by atoms with Crippen LogP contribution in [0, 0.1) is 17.0 Å². The summed E-state index contributed by atoms with van der Waals surface area (Å²) < 4.78 is 31.6. The Balaban J connectivity index is 2.11. The number of hydrogen-bond donors (Lipinski definition) is 2. The highest BCUT2D eigenvalue weighted by Gasteiger charge is 2.50. The summed E-state index contributed by atoms with van der Waals surface area (Å²) in [6.07, 6.45) is 1.10. The third-order valence-electron chi connectivity index (χ3n) is 3.17. The van der Waals surface area contributed by atoms with Crippen LogP contribution < -0.4 is 10.1 Å². The second-order valence-corrected chi connectivity index (χ2v) is 4.41. The molecule has 2 N–H and O–H groups in total. The molecule has 1 fully saturated rings. The van der Waals surface area contributed by atoms with Crippen LogP contribution in [-0.2, 0) is 4.79 Å². The van der Waals surface area contributed by atoms with Crippen molar-refractivity contribution in [3.8, 4) is 5.75 Å². The van der Waals surface area contributed by atoms with Crippen molar-refractivity contribution in [2.24, 2.45) is 5.41 Å². The van der Waals surface area contributed by atoms with Gasteiger partial charge in [-0.15, -0.1) is 0 Å². The molecule has 1 aromatic rings. The van der Waals surface area contributed by atoms with Crippen molar-refractivity contribution in [3.63, 3.8) is 0 Å². The summed E-state index contributed by atoms with van der Waals surface area (Å²) in [5.74, 6) is -2.46. The average molecular weight is 257 g/mol. The van der Waals surface area contributed by atoms with Gasteiger partial charge < -0.3 is 15.2 Å². The molecular weight excluding hydrogens is 244 g/mol.